The molecule has 18 heavy (non-hydrogen) atoms. The highest BCUT2D eigenvalue weighted by Gasteiger charge is 2.29. The molecule has 2 heterocycles. The summed E-state index contributed by atoms with van der Waals surface area (Å²) in [4.78, 5) is 0. The van der Waals surface area contributed by atoms with Gasteiger partial charge in [-0.15, -0.1) is 0 Å². The zero-order chi connectivity index (χ0) is 12.5. The van der Waals surface area contributed by atoms with Crippen LogP contribution in [0.3, 0.4) is 0 Å². The summed E-state index contributed by atoms with van der Waals surface area (Å²) in [7, 11) is 0. The Bertz CT molecular complexity index is 402. The number of fused-ring (bicyclic) bond motifs is 1. The van der Waals surface area contributed by atoms with Crippen LogP contribution in [0, 0.1) is 11.8 Å². The summed E-state index contributed by atoms with van der Waals surface area (Å²) >= 11 is 0. The summed E-state index contributed by atoms with van der Waals surface area (Å²) in [5.74, 6) is 2.35. The number of nitrogens with one attached hydrogen (secondary N) is 2. The maximum Gasteiger partial charge on any atom is 0.0688 e. The van der Waals surface area contributed by atoms with E-state index in [9.17, 15) is 0 Å². The maximum absolute atomic E-state index is 4.66. The second kappa shape index (κ2) is 5.04. The number of hydrogen-bond acceptors (Lipinski definition) is 2. The Morgan fingerprint density at radius 3 is 2.67 bits per heavy atom. The van der Waals surface area contributed by atoms with Gasteiger partial charge in [-0.3, -0.25) is 5.10 Å². The summed E-state index contributed by atoms with van der Waals surface area (Å²) in [6, 6.07) is 0. The Labute approximate surface area is 110 Å². The van der Waals surface area contributed by atoms with Crippen LogP contribution in [0.5, 0.6) is 0 Å². The molecule has 3 nitrogen and oxygen atoms in total. The molecule has 1 unspecified atom stereocenters. The van der Waals surface area contributed by atoms with Crippen molar-refractivity contribution in [2.45, 2.75) is 51.9 Å². The van der Waals surface area contributed by atoms with Crippen molar-refractivity contribution in [3.8, 4) is 0 Å². The molecule has 0 aromatic carbocycles. The Morgan fingerprint density at radius 2 is 1.94 bits per heavy atom. The summed E-state index contributed by atoms with van der Waals surface area (Å²) in [6.45, 7) is 7.03. The molecular weight excluding hydrogens is 222 g/mol. The molecule has 3 rings (SSSR count). The van der Waals surface area contributed by atoms with E-state index >= 15 is 0 Å². The Kier molecular flexibility index (Phi) is 3.42. The van der Waals surface area contributed by atoms with Gasteiger partial charge in [0.1, 0.15) is 0 Å². The monoisotopic (exact) mass is 247 g/mol. The second-order valence-corrected chi connectivity index (χ2v) is 6.34. The molecule has 1 aliphatic carbocycles. The third-order valence-electron chi connectivity index (χ3n) is 4.88. The van der Waals surface area contributed by atoms with E-state index < -0.39 is 0 Å². The molecule has 1 aliphatic heterocycles. The van der Waals surface area contributed by atoms with E-state index in [1.54, 1.807) is 5.56 Å². The molecule has 0 spiro atoms. The van der Waals surface area contributed by atoms with Crippen LogP contribution in [0.2, 0.25) is 0 Å². The fourth-order valence-corrected chi connectivity index (χ4v) is 3.55. The van der Waals surface area contributed by atoms with Crippen molar-refractivity contribution >= 4 is 0 Å². The number of rotatable bonds is 2. The smallest absolute Gasteiger partial charge is 0.0688 e. The lowest BCUT2D eigenvalue weighted by molar-refractivity contribution is 0.339. The molecule has 3 heteroatoms. The predicted molar refractivity (Wildman–Crippen MR) is 73.8 cm³/mol. The van der Waals surface area contributed by atoms with Gasteiger partial charge in [0, 0.05) is 11.6 Å². The van der Waals surface area contributed by atoms with Crippen LogP contribution in [0.15, 0.2) is 0 Å². The first-order valence-corrected chi connectivity index (χ1v) is 7.52. The van der Waals surface area contributed by atoms with E-state index in [1.807, 2.05) is 0 Å². The minimum Gasteiger partial charge on any atom is -0.317 e. The molecule has 0 saturated carbocycles. The number of aryl methyl sites for hydroxylation is 1. The van der Waals surface area contributed by atoms with E-state index in [0.29, 0.717) is 5.92 Å². The van der Waals surface area contributed by atoms with Crippen molar-refractivity contribution < 1.29 is 0 Å². The first-order chi connectivity index (χ1) is 8.75. The average Bonchev–Trinajstić information content (AvgIpc) is 2.82. The highest BCUT2D eigenvalue weighted by molar-refractivity contribution is 5.31. The van der Waals surface area contributed by atoms with Crippen LogP contribution in [0.1, 0.15) is 56.0 Å². The highest BCUT2D eigenvalue weighted by atomic mass is 15.1. The van der Waals surface area contributed by atoms with Crippen LogP contribution in [0.25, 0.3) is 0 Å². The van der Waals surface area contributed by atoms with Crippen molar-refractivity contribution in [2.24, 2.45) is 11.8 Å². The fraction of sp³-hybridized carbons (Fsp3) is 0.800. The SMILES string of the molecule is CC(C)C1CCc2[nH]nc(C3CCNCC3)c2C1. The van der Waals surface area contributed by atoms with Crippen molar-refractivity contribution in [2.75, 3.05) is 13.1 Å². The predicted octanol–water partition coefficient (Wildman–Crippen LogP) is 2.64. The van der Waals surface area contributed by atoms with Crippen molar-refractivity contribution in [1.29, 1.82) is 0 Å². The summed E-state index contributed by atoms with van der Waals surface area (Å²) in [6.07, 6.45) is 6.30. The largest absolute Gasteiger partial charge is 0.317 e. The number of nitrogens with zero attached hydrogens (tertiary/aromatic N) is 1. The van der Waals surface area contributed by atoms with Crippen molar-refractivity contribution in [1.82, 2.24) is 15.5 Å². The third-order valence-corrected chi connectivity index (χ3v) is 4.88. The van der Waals surface area contributed by atoms with Gasteiger partial charge < -0.3 is 5.32 Å². The number of aromatic nitrogens is 2. The molecule has 2 N–H and O–H groups in total. The minimum atomic E-state index is 0.692. The summed E-state index contributed by atoms with van der Waals surface area (Å²) in [5.41, 5.74) is 4.41. The van der Waals surface area contributed by atoms with Gasteiger partial charge in [-0.05, 0) is 62.6 Å². The standard InChI is InChI=1S/C15H25N3/c1-10(2)12-3-4-14-13(9-12)15(18-17-14)11-5-7-16-8-6-11/h10-12,16H,3-9H2,1-2H3,(H,17,18). The first-order valence-electron chi connectivity index (χ1n) is 7.52. The van der Waals surface area contributed by atoms with Gasteiger partial charge in [-0.1, -0.05) is 13.8 Å². The highest BCUT2D eigenvalue weighted by Crippen LogP contribution is 2.35. The summed E-state index contributed by atoms with van der Waals surface area (Å²) < 4.78 is 0. The lowest BCUT2D eigenvalue weighted by Gasteiger charge is -2.28. The average molecular weight is 247 g/mol. The first kappa shape index (κ1) is 12.2. The molecule has 1 fully saturated rings. The van der Waals surface area contributed by atoms with Crippen LogP contribution < -0.4 is 5.32 Å². The van der Waals surface area contributed by atoms with Crippen LogP contribution in [-0.4, -0.2) is 23.3 Å². The zero-order valence-electron chi connectivity index (χ0n) is 11.6. The molecule has 1 saturated heterocycles. The van der Waals surface area contributed by atoms with Gasteiger partial charge in [-0.25, -0.2) is 0 Å². The Balaban J connectivity index is 1.82. The number of aromatic amines is 1. The molecule has 0 amide bonds. The van der Waals surface area contributed by atoms with Crippen LogP contribution in [-0.2, 0) is 12.8 Å². The molecule has 0 radical (unpaired) electrons. The number of piperidine rings is 1. The molecule has 100 valence electrons. The quantitative estimate of drug-likeness (QED) is 0.843. The normalized spacial score (nSPS) is 25.4. The van der Waals surface area contributed by atoms with Crippen LogP contribution in [0.4, 0.5) is 0 Å². The maximum atomic E-state index is 4.66. The molecular formula is C15H25N3. The van der Waals surface area contributed by atoms with Gasteiger partial charge >= 0.3 is 0 Å². The summed E-state index contributed by atoms with van der Waals surface area (Å²) in [5, 5.41) is 11.4. The minimum absolute atomic E-state index is 0.692. The topological polar surface area (TPSA) is 40.7 Å². The Hall–Kier alpha value is -0.830. The van der Waals surface area contributed by atoms with E-state index in [-0.39, 0.29) is 0 Å². The number of hydrogen-bond donors (Lipinski definition) is 2. The van der Waals surface area contributed by atoms with Crippen LogP contribution >= 0.6 is 0 Å². The van der Waals surface area contributed by atoms with Gasteiger partial charge in [0.05, 0.1) is 5.69 Å². The van der Waals surface area contributed by atoms with E-state index in [1.165, 1.54) is 43.5 Å². The lowest BCUT2D eigenvalue weighted by atomic mass is 9.78. The molecule has 1 aromatic rings. The van der Waals surface area contributed by atoms with Crippen molar-refractivity contribution in [3.05, 3.63) is 17.0 Å². The van der Waals surface area contributed by atoms with Gasteiger partial charge in [0.15, 0.2) is 0 Å². The van der Waals surface area contributed by atoms with Gasteiger partial charge in [-0.2, -0.15) is 5.10 Å². The van der Waals surface area contributed by atoms with Crippen molar-refractivity contribution in [3.63, 3.8) is 0 Å². The van der Waals surface area contributed by atoms with E-state index in [2.05, 4.69) is 29.4 Å². The number of H-pyrrole nitrogens is 1. The molecule has 1 atom stereocenters. The lowest BCUT2D eigenvalue weighted by Crippen LogP contribution is -2.28. The molecule has 1 aromatic heterocycles. The zero-order valence-corrected chi connectivity index (χ0v) is 11.6. The Morgan fingerprint density at radius 1 is 1.17 bits per heavy atom. The molecule has 2 aliphatic rings. The second-order valence-electron chi connectivity index (χ2n) is 6.34. The molecule has 0 bridgehead atoms. The van der Waals surface area contributed by atoms with E-state index in [4.69, 9.17) is 0 Å². The fourth-order valence-electron chi connectivity index (χ4n) is 3.55. The van der Waals surface area contributed by atoms with Gasteiger partial charge in [0.2, 0.25) is 0 Å². The van der Waals surface area contributed by atoms with E-state index in [0.717, 1.165) is 24.9 Å². The van der Waals surface area contributed by atoms with Gasteiger partial charge in [0.25, 0.3) is 0 Å². The third kappa shape index (κ3) is 2.20.